The van der Waals surface area contributed by atoms with Gasteiger partial charge in [-0.15, -0.1) is 0 Å². The molecular weight excluding hydrogens is 432 g/mol. The Balaban J connectivity index is 1.93. The summed E-state index contributed by atoms with van der Waals surface area (Å²) in [4.78, 5) is 35.2. The van der Waals surface area contributed by atoms with Crippen molar-refractivity contribution in [2.75, 3.05) is 6.61 Å². The molecule has 0 aromatic heterocycles. The molecule has 0 aromatic rings. The summed E-state index contributed by atoms with van der Waals surface area (Å²) < 4.78 is 55.4. The van der Waals surface area contributed by atoms with Gasteiger partial charge in [0.15, 0.2) is 6.10 Å². The van der Waals surface area contributed by atoms with Crippen molar-refractivity contribution < 1.29 is 55.9 Å². The predicted octanol–water partition coefficient (Wildman–Crippen LogP) is 0.00860. The van der Waals surface area contributed by atoms with E-state index in [-0.39, 0.29) is 5.24 Å². The zero-order valence-corrected chi connectivity index (χ0v) is 15.6. The van der Waals surface area contributed by atoms with Crippen LogP contribution in [0, 0.1) is 0 Å². The Labute approximate surface area is 146 Å². The van der Waals surface area contributed by atoms with Crippen LogP contribution in [0.15, 0.2) is 0 Å². The molecule has 0 spiro atoms. The maximum absolute atomic E-state index is 11.6. The van der Waals surface area contributed by atoms with Gasteiger partial charge in [-0.25, -0.2) is 13.7 Å². The number of thioether (sulfide) groups is 1. The molecule has 0 aromatic carbocycles. The SMILES string of the molecule is [B]C1SC(COP(=O)(O)OP(=O)(O)OP(=O)(O)O)C2OC(=S)OC12. The second-order valence-electron chi connectivity index (χ2n) is 4.44. The number of fused-ring (bicyclic) bond motifs is 1. The molecular formula is C6H10BO12P3S2. The van der Waals surface area contributed by atoms with Crippen LogP contribution in [0.4, 0.5) is 0 Å². The fraction of sp³-hybridized carbons (Fsp3) is 0.833. The quantitative estimate of drug-likeness (QED) is 0.235. The Morgan fingerprint density at radius 3 is 2.25 bits per heavy atom. The van der Waals surface area contributed by atoms with Crippen molar-refractivity contribution in [3.8, 4) is 0 Å². The topological polar surface area (TPSA) is 178 Å². The molecule has 6 unspecified atom stereocenters. The predicted molar refractivity (Wildman–Crippen MR) is 83.1 cm³/mol. The van der Waals surface area contributed by atoms with Gasteiger partial charge in [0, 0.05) is 17.4 Å². The van der Waals surface area contributed by atoms with E-state index in [9.17, 15) is 18.6 Å². The van der Waals surface area contributed by atoms with E-state index in [1.807, 2.05) is 0 Å². The van der Waals surface area contributed by atoms with Crippen molar-refractivity contribution in [2.24, 2.45) is 0 Å². The first-order chi connectivity index (χ1) is 10.8. The van der Waals surface area contributed by atoms with E-state index < -0.39 is 52.7 Å². The molecule has 0 saturated carbocycles. The molecule has 4 N–H and O–H groups in total. The Morgan fingerprint density at radius 1 is 1.08 bits per heavy atom. The van der Waals surface area contributed by atoms with Crippen LogP contribution in [-0.2, 0) is 36.3 Å². The first-order valence-electron chi connectivity index (χ1n) is 5.85. The molecule has 2 heterocycles. The van der Waals surface area contributed by atoms with Gasteiger partial charge < -0.3 is 29.0 Å². The second-order valence-corrected chi connectivity index (χ2v) is 10.6. The van der Waals surface area contributed by atoms with E-state index in [1.165, 1.54) is 0 Å². The molecule has 6 atom stereocenters. The minimum absolute atomic E-state index is 0.135. The van der Waals surface area contributed by atoms with Crippen molar-refractivity contribution in [2.45, 2.75) is 22.6 Å². The highest BCUT2D eigenvalue weighted by Gasteiger charge is 2.51. The van der Waals surface area contributed by atoms with Crippen molar-refractivity contribution >= 4 is 60.5 Å². The lowest BCUT2D eigenvalue weighted by Crippen LogP contribution is -2.31. The minimum Gasteiger partial charge on any atom is -0.449 e. The first-order valence-corrected chi connectivity index (χ1v) is 11.7. The van der Waals surface area contributed by atoms with Crippen LogP contribution in [0.3, 0.4) is 0 Å². The van der Waals surface area contributed by atoms with E-state index in [0.717, 1.165) is 11.8 Å². The Hall–Kier alpha value is 0.515. The fourth-order valence-electron chi connectivity index (χ4n) is 1.89. The maximum atomic E-state index is 11.6. The summed E-state index contributed by atoms with van der Waals surface area (Å²) in [5.41, 5.74) is 0. The van der Waals surface area contributed by atoms with Crippen molar-refractivity contribution in [3.05, 3.63) is 0 Å². The van der Waals surface area contributed by atoms with E-state index in [1.54, 1.807) is 0 Å². The number of phosphoric acid groups is 3. The van der Waals surface area contributed by atoms with Crippen molar-refractivity contribution in [3.63, 3.8) is 0 Å². The molecule has 0 amide bonds. The molecule has 136 valence electrons. The molecule has 2 aliphatic heterocycles. The molecule has 2 fully saturated rings. The molecule has 2 saturated heterocycles. The van der Waals surface area contributed by atoms with Crippen LogP contribution < -0.4 is 0 Å². The summed E-state index contributed by atoms with van der Waals surface area (Å²) in [6.45, 7) is -0.519. The smallest absolute Gasteiger partial charge is 0.449 e. The van der Waals surface area contributed by atoms with Gasteiger partial charge >= 0.3 is 28.7 Å². The van der Waals surface area contributed by atoms with Gasteiger partial charge in [-0.3, -0.25) is 4.52 Å². The number of hydrogen-bond acceptors (Lipinski definition) is 10. The zero-order valence-electron chi connectivity index (χ0n) is 11.3. The molecule has 2 radical (unpaired) electrons. The Bertz CT molecular complexity index is 653. The van der Waals surface area contributed by atoms with Crippen LogP contribution in [0.25, 0.3) is 0 Å². The highest BCUT2D eigenvalue weighted by atomic mass is 32.2. The van der Waals surface area contributed by atoms with Gasteiger partial charge in [-0.1, -0.05) is 0 Å². The van der Waals surface area contributed by atoms with E-state index in [4.69, 9.17) is 44.2 Å². The van der Waals surface area contributed by atoms with Gasteiger partial charge in [-0.2, -0.15) is 20.4 Å². The summed E-state index contributed by atoms with van der Waals surface area (Å²) in [5.74, 6) is 0. The normalized spacial score (nSPS) is 34.8. The number of ether oxygens (including phenoxy) is 2. The minimum atomic E-state index is -5.55. The highest BCUT2D eigenvalue weighted by Crippen LogP contribution is 2.66. The molecule has 0 aliphatic carbocycles. The van der Waals surface area contributed by atoms with Crippen LogP contribution in [0.5, 0.6) is 0 Å². The largest absolute Gasteiger partial charge is 0.490 e. The van der Waals surface area contributed by atoms with Gasteiger partial charge in [0.1, 0.15) is 6.10 Å². The molecule has 18 heteroatoms. The van der Waals surface area contributed by atoms with Gasteiger partial charge in [-0.05, 0) is 0 Å². The average molecular weight is 442 g/mol. The van der Waals surface area contributed by atoms with Gasteiger partial charge in [0.2, 0.25) is 0 Å². The third-order valence-corrected chi connectivity index (χ3v) is 7.96. The molecule has 2 aliphatic rings. The molecule has 12 nitrogen and oxygen atoms in total. The van der Waals surface area contributed by atoms with E-state index in [2.05, 4.69) is 13.1 Å². The lowest BCUT2D eigenvalue weighted by Gasteiger charge is -2.19. The monoisotopic (exact) mass is 442 g/mol. The molecule has 24 heavy (non-hydrogen) atoms. The van der Waals surface area contributed by atoms with Crippen molar-refractivity contribution in [1.82, 2.24) is 0 Å². The average Bonchev–Trinajstić information content (AvgIpc) is 2.82. The van der Waals surface area contributed by atoms with Crippen LogP contribution in [-0.4, -0.2) is 61.9 Å². The van der Waals surface area contributed by atoms with Crippen LogP contribution >= 0.6 is 47.4 Å². The fourth-order valence-corrected chi connectivity index (χ4v) is 6.53. The number of phosphoric ester groups is 1. The summed E-state index contributed by atoms with van der Waals surface area (Å²) in [6, 6.07) is 0. The third kappa shape index (κ3) is 5.77. The van der Waals surface area contributed by atoms with Crippen LogP contribution in [0.1, 0.15) is 0 Å². The Morgan fingerprint density at radius 2 is 1.67 bits per heavy atom. The number of thiocarbonyl (C=S) groups is 1. The number of rotatable bonds is 7. The van der Waals surface area contributed by atoms with Crippen LogP contribution in [0.2, 0.25) is 0 Å². The van der Waals surface area contributed by atoms with Crippen molar-refractivity contribution in [1.29, 1.82) is 0 Å². The Kier molecular flexibility index (Phi) is 6.30. The van der Waals surface area contributed by atoms with E-state index in [0.29, 0.717) is 0 Å². The van der Waals surface area contributed by atoms with Gasteiger partial charge in [0.25, 0.3) is 0 Å². The number of hydrogen-bond donors (Lipinski definition) is 4. The summed E-state index contributed by atoms with van der Waals surface area (Å²) >= 11 is 5.82. The highest BCUT2D eigenvalue weighted by molar-refractivity contribution is 8.02. The summed E-state index contributed by atoms with van der Waals surface area (Å²) in [5, 5.41) is -1.30. The van der Waals surface area contributed by atoms with Gasteiger partial charge in [0.05, 0.1) is 19.7 Å². The second kappa shape index (κ2) is 7.26. The standard InChI is InChI=1S/C6H10BO12P3S2/c7-5-4-3(16-6(23)17-4)2(24-5)1-15-21(11,12)19-22(13,14)18-20(8,9)10/h2-5H,1H2,(H,11,12)(H,13,14)(H2,8,9,10). The molecule has 0 bridgehead atoms. The lowest BCUT2D eigenvalue weighted by molar-refractivity contribution is 0.133. The van der Waals surface area contributed by atoms with E-state index >= 15 is 0 Å². The zero-order chi connectivity index (χ0) is 18.3. The third-order valence-electron chi connectivity index (χ3n) is 2.63. The summed E-state index contributed by atoms with van der Waals surface area (Å²) in [6.07, 6.45) is -1.25. The maximum Gasteiger partial charge on any atom is 0.490 e. The summed E-state index contributed by atoms with van der Waals surface area (Å²) in [7, 11) is -10.4. The molecule has 2 rings (SSSR count). The first kappa shape index (κ1) is 20.8. The lowest BCUT2D eigenvalue weighted by atomic mass is 9.94.